The highest BCUT2D eigenvalue weighted by Crippen LogP contribution is 2.42. The van der Waals surface area contributed by atoms with E-state index in [4.69, 9.17) is 10.2 Å². The number of nitrogens with zero attached hydrogens (tertiary/aromatic N) is 1. The molecule has 0 saturated heterocycles. The van der Waals surface area contributed by atoms with Gasteiger partial charge in [-0.1, -0.05) is 19.3 Å². The normalized spacial score (nSPS) is 21.7. The zero-order chi connectivity index (χ0) is 12.5. The van der Waals surface area contributed by atoms with Crippen molar-refractivity contribution in [3.05, 3.63) is 22.6 Å². The fraction of sp³-hybridized carbons (Fsp3) is 0.692. The van der Waals surface area contributed by atoms with Crippen molar-refractivity contribution in [1.29, 1.82) is 0 Å². The van der Waals surface area contributed by atoms with Crippen LogP contribution < -0.4 is 5.73 Å². The van der Waals surface area contributed by atoms with E-state index in [0.29, 0.717) is 0 Å². The van der Waals surface area contributed by atoms with Crippen molar-refractivity contribution in [2.75, 3.05) is 14.1 Å². The van der Waals surface area contributed by atoms with Crippen LogP contribution >= 0.6 is 15.9 Å². The summed E-state index contributed by atoms with van der Waals surface area (Å²) in [6, 6.07) is 1.85. The van der Waals surface area contributed by atoms with Crippen LogP contribution in [0.1, 0.15) is 43.9 Å². The molecule has 4 heteroatoms. The minimum atomic E-state index is -0.0674. The summed E-state index contributed by atoms with van der Waals surface area (Å²) >= 11 is 3.51. The molecule has 96 valence electrons. The fourth-order valence-electron chi connectivity index (χ4n) is 2.97. The molecule has 2 N–H and O–H groups in total. The number of hydrogen-bond acceptors (Lipinski definition) is 3. The molecule has 1 aliphatic rings. The van der Waals surface area contributed by atoms with Gasteiger partial charge in [-0.25, -0.2) is 0 Å². The molecule has 0 spiro atoms. The van der Waals surface area contributed by atoms with Gasteiger partial charge >= 0.3 is 0 Å². The first-order valence-electron chi connectivity index (χ1n) is 6.24. The third-order valence-electron chi connectivity index (χ3n) is 4.12. The minimum absolute atomic E-state index is 0.0403. The number of furan rings is 1. The number of rotatable bonds is 3. The van der Waals surface area contributed by atoms with Gasteiger partial charge in [0.1, 0.15) is 5.76 Å². The van der Waals surface area contributed by atoms with Gasteiger partial charge in [0, 0.05) is 5.54 Å². The number of halogens is 1. The Morgan fingerprint density at radius 3 is 2.47 bits per heavy atom. The lowest BCUT2D eigenvalue weighted by Crippen LogP contribution is -2.53. The summed E-state index contributed by atoms with van der Waals surface area (Å²) in [5, 5.41) is 0. The average Bonchev–Trinajstić information content (AvgIpc) is 2.75. The third-order valence-corrected chi connectivity index (χ3v) is 4.77. The van der Waals surface area contributed by atoms with E-state index in [1.54, 1.807) is 6.26 Å². The molecule has 1 atom stereocenters. The maximum atomic E-state index is 6.49. The molecule has 0 aromatic carbocycles. The van der Waals surface area contributed by atoms with E-state index in [0.717, 1.165) is 23.1 Å². The SMILES string of the molecule is CN(C)C1(C(N)c2occc2Br)CCCCC1. The van der Waals surface area contributed by atoms with Crippen molar-refractivity contribution in [2.45, 2.75) is 43.7 Å². The smallest absolute Gasteiger partial charge is 0.136 e. The highest BCUT2D eigenvalue weighted by Gasteiger charge is 2.42. The van der Waals surface area contributed by atoms with E-state index in [-0.39, 0.29) is 11.6 Å². The van der Waals surface area contributed by atoms with Gasteiger partial charge in [0.2, 0.25) is 0 Å². The van der Waals surface area contributed by atoms with Crippen LogP contribution in [0.5, 0.6) is 0 Å². The van der Waals surface area contributed by atoms with Gasteiger partial charge in [-0.15, -0.1) is 0 Å². The maximum absolute atomic E-state index is 6.49. The van der Waals surface area contributed by atoms with Crippen molar-refractivity contribution in [2.24, 2.45) is 5.73 Å². The van der Waals surface area contributed by atoms with Gasteiger partial charge in [-0.3, -0.25) is 0 Å². The van der Waals surface area contributed by atoms with Crippen molar-refractivity contribution in [3.63, 3.8) is 0 Å². The van der Waals surface area contributed by atoms with Crippen molar-refractivity contribution in [3.8, 4) is 0 Å². The van der Waals surface area contributed by atoms with Crippen molar-refractivity contribution < 1.29 is 4.42 Å². The lowest BCUT2D eigenvalue weighted by molar-refractivity contribution is 0.0632. The molecule has 1 aliphatic carbocycles. The second kappa shape index (κ2) is 5.12. The Kier molecular flexibility index (Phi) is 3.95. The molecule has 17 heavy (non-hydrogen) atoms. The fourth-order valence-corrected chi connectivity index (χ4v) is 3.42. The topological polar surface area (TPSA) is 42.4 Å². The van der Waals surface area contributed by atoms with Crippen molar-refractivity contribution in [1.82, 2.24) is 4.90 Å². The molecule has 1 saturated carbocycles. The second-order valence-corrected chi connectivity index (χ2v) is 6.02. The van der Waals surface area contributed by atoms with Gasteiger partial charge < -0.3 is 15.1 Å². The zero-order valence-corrected chi connectivity index (χ0v) is 12.2. The summed E-state index contributed by atoms with van der Waals surface area (Å²) in [6.07, 6.45) is 7.82. The minimum Gasteiger partial charge on any atom is -0.466 e. The first kappa shape index (κ1) is 13.1. The Hall–Kier alpha value is -0.320. The van der Waals surface area contributed by atoms with E-state index in [1.807, 2.05) is 6.07 Å². The summed E-state index contributed by atoms with van der Waals surface area (Å²) in [5.41, 5.74) is 6.53. The molecule has 0 radical (unpaired) electrons. The Morgan fingerprint density at radius 2 is 2.00 bits per heavy atom. The van der Waals surface area contributed by atoms with Crippen LogP contribution in [-0.4, -0.2) is 24.5 Å². The van der Waals surface area contributed by atoms with Crippen LogP contribution in [0.2, 0.25) is 0 Å². The predicted molar refractivity (Wildman–Crippen MR) is 72.8 cm³/mol. The van der Waals surface area contributed by atoms with E-state index >= 15 is 0 Å². The Bertz CT molecular complexity index is 369. The monoisotopic (exact) mass is 300 g/mol. The van der Waals surface area contributed by atoms with Crippen LogP contribution in [0.3, 0.4) is 0 Å². The van der Waals surface area contributed by atoms with E-state index < -0.39 is 0 Å². The van der Waals surface area contributed by atoms with Gasteiger partial charge in [-0.05, 0) is 48.9 Å². The highest BCUT2D eigenvalue weighted by molar-refractivity contribution is 9.10. The predicted octanol–water partition coefficient (Wildman–Crippen LogP) is 3.31. The quantitative estimate of drug-likeness (QED) is 0.931. The standard InChI is InChI=1S/C13H21BrN2O/c1-16(2)13(7-4-3-5-8-13)12(15)11-10(14)6-9-17-11/h6,9,12H,3-5,7-8,15H2,1-2H3. The molecular weight excluding hydrogens is 280 g/mol. The van der Waals surface area contributed by atoms with Crippen LogP contribution in [-0.2, 0) is 0 Å². The van der Waals surface area contributed by atoms with Gasteiger partial charge in [0.25, 0.3) is 0 Å². The van der Waals surface area contributed by atoms with Crippen LogP contribution in [0.15, 0.2) is 21.2 Å². The number of hydrogen-bond donors (Lipinski definition) is 1. The van der Waals surface area contributed by atoms with E-state index in [1.165, 1.54) is 19.3 Å². The van der Waals surface area contributed by atoms with Crippen LogP contribution in [0, 0.1) is 0 Å². The first-order chi connectivity index (χ1) is 8.08. The van der Waals surface area contributed by atoms with Gasteiger partial charge in [0.15, 0.2) is 0 Å². The summed E-state index contributed by atoms with van der Waals surface area (Å²) < 4.78 is 6.54. The molecule has 1 heterocycles. The number of likely N-dealkylation sites (N-methyl/N-ethyl adjacent to an activating group) is 1. The molecular formula is C13H21BrN2O. The summed E-state index contributed by atoms with van der Waals surface area (Å²) in [7, 11) is 4.25. The molecule has 0 bridgehead atoms. The summed E-state index contributed by atoms with van der Waals surface area (Å²) in [4.78, 5) is 2.28. The lowest BCUT2D eigenvalue weighted by Gasteiger charge is -2.46. The maximum Gasteiger partial charge on any atom is 0.136 e. The van der Waals surface area contributed by atoms with Gasteiger partial charge in [0.05, 0.1) is 16.8 Å². The lowest BCUT2D eigenvalue weighted by atomic mass is 9.75. The average molecular weight is 301 g/mol. The molecule has 1 unspecified atom stereocenters. The molecule has 1 aromatic heterocycles. The zero-order valence-electron chi connectivity index (χ0n) is 10.6. The van der Waals surface area contributed by atoms with Crippen LogP contribution in [0.4, 0.5) is 0 Å². The molecule has 0 aliphatic heterocycles. The Labute approximate surface area is 111 Å². The van der Waals surface area contributed by atoms with Crippen molar-refractivity contribution >= 4 is 15.9 Å². The van der Waals surface area contributed by atoms with Crippen LogP contribution in [0.25, 0.3) is 0 Å². The first-order valence-corrected chi connectivity index (χ1v) is 7.03. The van der Waals surface area contributed by atoms with E-state index in [9.17, 15) is 0 Å². The highest BCUT2D eigenvalue weighted by atomic mass is 79.9. The van der Waals surface area contributed by atoms with Gasteiger partial charge in [-0.2, -0.15) is 0 Å². The second-order valence-electron chi connectivity index (χ2n) is 5.17. The third kappa shape index (κ3) is 2.30. The summed E-state index contributed by atoms with van der Waals surface area (Å²) in [5.74, 6) is 0.876. The molecule has 0 amide bonds. The largest absolute Gasteiger partial charge is 0.466 e. The number of nitrogens with two attached hydrogens (primary N) is 1. The Morgan fingerprint density at radius 1 is 1.35 bits per heavy atom. The molecule has 3 nitrogen and oxygen atoms in total. The Balaban J connectivity index is 2.30. The molecule has 2 rings (SSSR count). The molecule has 1 aromatic rings. The summed E-state index contributed by atoms with van der Waals surface area (Å²) in [6.45, 7) is 0. The van der Waals surface area contributed by atoms with E-state index in [2.05, 4.69) is 34.9 Å². The molecule has 1 fully saturated rings.